The minimum Gasteiger partial charge on any atom is -0.550 e. The Kier molecular flexibility index (Phi) is 6.57. The van der Waals surface area contributed by atoms with Gasteiger partial charge in [0.25, 0.3) is 5.91 Å². The quantitative estimate of drug-likeness (QED) is 0.803. The largest absolute Gasteiger partial charge is 0.550 e. The van der Waals surface area contributed by atoms with Crippen LogP contribution >= 0.6 is 0 Å². The van der Waals surface area contributed by atoms with Gasteiger partial charge >= 0.3 is 0 Å². The van der Waals surface area contributed by atoms with Crippen molar-refractivity contribution < 1.29 is 19.5 Å². The third-order valence-corrected chi connectivity index (χ3v) is 4.32. The number of benzene rings is 2. The lowest BCUT2D eigenvalue weighted by Crippen LogP contribution is -2.34. The fourth-order valence-corrected chi connectivity index (χ4v) is 2.78. The molecule has 0 unspecified atom stereocenters. The van der Waals surface area contributed by atoms with E-state index in [0.29, 0.717) is 16.8 Å². The van der Waals surface area contributed by atoms with E-state index < -0.39 is 17.9 Å². The van der Waals surface area contributed by atoms with Crippen LogP contribution in [0.5, 0.6) is 0 Å². The Morgan fingerprint density at radius 2 is 1.54 bits per heavy atom. The summed E-state index contributed by atoms with van der Waals surface area (Å²) in [6.07, 6.45) is -0.329. The summed E-state index contributed by atoms with van der Waals surface area (Å²) >= 11 is 0. The van der Waals surface area contributed by atoms with Crippen LogP contribution in [0.25, 0.3) is 0 Å². The molecule has 0 spiro atoms. The maximum atomic E-state index is 12.6. The Morgan fingerprint density at radius 1 is 0.964 bits per heavy atom. The first-order valence-corrected chi connectivity index (χ1v) is 9.05. The molecule has 2 aromatic rings. The highest BCUT2D eigenvalue weighted by molar-refractivity contribution is 5.95. The average Bonchev–Trinajstić information content (AvgIpc) is 2.60. The van der Waals surface area contributed by atoms with Gasteiger partial charge in [0.05, 0.1) is 6.04 Å². The van der Waals surface area contributed by atoms with E-state index >= 15 is 0 Å². The first-order chi connectivity index (χ1) is 13.1. The van der Waals surface area contributed by atoms with Gasteiger partial charge in [-0.3, -0.25) is 9.59 Å². The van der Waals surface area contributed by atoms with E-state index in [-0.39, 0.29) is 17.7 Å². The Labute approximate surface area is 165 Å². The van der Waals surface area contributed by atoms with Crippen LogP contribution in [-0.4, -0.2) is 17.8 Å². The highest BCUT2D eigenvalue weighted by Gasteiger charge is 2.18. The van der Waals surface area contributed by atoms with Crippen molar-refractivity contribution in [3.63, 3.8) is 0 Å². The first-order valence-electron chi connectivity index (χ1n) is 9.05. The van der Waals surface area contributed by atoms with Crippen LogP contribution in [0.3, 0.4) is 0 Å². The summed E-state index contributed by atoms with van der Waals surface area (Å²) in [5.74, 6) is -1.85. The Morgan fingerprint density at radius 3 is 2.00 bits per heavy atom. The highest BCUT2D eigenvalue weighted by Crippen LogP contribution is 2.25. The summed E-state index contributed by atoms with van der Waals surface area (Å²) in [4.78, 5) is 34.8. The molecule has 0 heterocycles. The molecule has 2 rings (SSSR count). The molecule has 28 heavy (non-hydrogen) atoms. The molecule has 0 radical (unpaired) electrons. The van der Waals surface area contributed by atoms with E-state index in [0.717, 1.165) is 5.56 Å². The van der Waals surface area contributed by atoms with Crippen LogP contribution in [0.15, 0.2) is 48.5 Å². The SMILES string of the molecule is CC(=O)Nc1ccc(C(=O)N[C@H](CC(=O)[O-])c2ccc(C(C)(C)C)cc2)cc1. The van der Waals surface area contributed by atoms with Gasteiger partial charge in [-0.05, 0) is 40.8 Å². The molecule has 0 aliphatic heterocycles. The normalized spacial score (nSPS) is 12.1. The molecule has 2 N–H and O–H groups in total. The predicted molar refractivity (Wildman–Crippen MR) is 106 cm³/mol. The van der Waals surface area contributed by atoms with Crippen molar-refractivity contribution >= 4 is 23.5 Å². The number of carbonyl (C=O) groups excluding carboxylic acids is 3. The van der Waals surface area contributed by atoms with Gasteiger partial charge < -0.3 is 20.5 Å². The molecular formula is C22H25N2O4-. The van der Waals surface area contributed by atoms with Crippen molar-refractivity contribution in [3.05, 3.63) is 65.2 Å². The topological polar surface area (TPSA) is 98.3 Å². The van der Waals surface area contributed by atoms with Gasteiger partial charge in [-0.1, -0.05) is 45.0 Å². The van der Waals surface area contributed by atoms with E-state index in [4.69, 9.17) is 0 Å². The zero-order valence-corrected chi connectivity index (χ0v) is 16.5. The average molecular weight is 381 g/mol. The molecule has 0 aliphatic carbocycles. The molecule has 6 heteroatoms. The first kappa shape index (κ1) is 21.2. The van der Waals surface area contributed by atoms with E-state index in [1.165, 1.54) is 6.92 Å². The number of anilines is 1. The van der Waals surface area contributed by atoms with Crippen molar-refractivity contribution in [2.24, 2.45) is 0 Å². The molecule has 0 saturated carbocycles. The number of rotatable bonds is 6. The smallest absolute Gasteiger partial charge is 0.251 e. The van der Waals surface area contributed by atoms with Crippen LogP contribution in [0.1, 0.15) is 61.6 Å². The second kappa shape index (κ2) is 8.69. The van der Waals surface area contributed by atoms with Crippen LogP contribution in [0, 0.1) is 0 Å². The maximum Gasteiger partial charge on any atom is 0.251 e. The van der Waals surface area contributed by atoms with E-state index in [1.54, 1.807) is 24.3 Å². The van der Waals surface area contributed by atoms with Gasteiger partial charge in [0, 0.05) is 30.6 Å². The standard InChI is InChI=1S/C22H26N2O4/c1-14(25)23-18-11-7-16(8-12-18)21(28)24-19(13-20(26)27)15-5-9-17(10-6-15)22(2,3)4/h5-12,19H,13H2,1-4H3,(H,23,25)(H,24,28)(H,26,27)/p-1/t19-/m1/s1. The number of carbonyl (C=O) groups is 3. The van der Waals surface area contributed by atoms with Gasteiger partial charge in [0.2, 0.25) is 5.91 Å². The van der Waals surface area contributed by atoms with Crippen LogP contribution in [0.2, 0.25) is 0 Å². The summed E-state index contributed by atoms with van der Waals surface area (Å²) in [5, 5.41) is 16.5. The third-order valence-electron chi connectivity index (χ3n) is 4.32. The molecule has 148 valence electrons. The van der Waals surface area contributed by atoms with Gasteiger partial charge in [0.15, 0.2) is 0 Å². The number of aliphatic carboxylic acids is 1. The minimum atomic E-state index is -1.24. The Hall–Kier alpha value is -3.15. The predicted octanol–water partition coefficient (Wildman–Crippen LogP) is 2.55. The maximum absolute atomic E-state index is 12.6. The third kappa shape index (κ3) is 5.94. The van der Waals surface area contributed by atoms with Crippen molar-refractivity contribution in [3.8, 4) is 0 Å². The summed E-state index contributed by atoms with van der Waals surface area (Å²) < 4.78 is 0. The number of hydrogen-bond donors (Lipinski definition) is 2. The second-order valence-electron chi connectivity index (χ2n) is 7.73. The minimum absolute atomic E-state index is 0.0265. The van der Waals surface area contributed by atoms with Gasteiger partial charge in [-0.2, -0.15) is 0 Å². The molecule has 6 nitrogen and oxygen atoms in total. The fraction of sp³-hybridized carbons (Fsp3) is 0.318. The summed E-state index contributed by atoms with van der Waals surface area (Å²) in [7, 11) is 0. The van der Waals surface area contributed by atoms with Gasteiger partial charge in [-0.15, -0.1) is 0 Å². The zero-order chi connectivity index (χ0) is 20.9. The van der Waals surface area contributed by atoms with Crippen molar-refractivity contribution in [1.29, 1.82) is 0 Å². The molecule has 0 aromatic heterocycles. The molecule has 1 atom stereocenters. The molecule has 0 aliphatic rings. The van der Waals surface area contributed by atoms with Gasteiger partial charge in [-0.25, -0.2) is 0 Å². The van der Waals surface area contributed by atoms with Crippen molar-refractivity contribution in [1.82, 2.24) is 5.32 Å². The number of carboxylic acid groups (broad SMARTS) is 1. The highest BCUT2D eigenvalue weighted by atomic mass is 16.4. The number of nitrogens with one attached hydrogen (secondary N) is 2. The Bertz CT molecular complexity index is 850. The van der Waals surface area contributed by atoms with E-state index in [1.807, 2.05) is 24.3 Å². The monoisotopic (exact) mass is 381 g/mol. The number of carboxylic acids is 1. The van der Waals surface area contributed by atoms with E-state index in [9.17, 15) is 19.5 Å². The second-order valence-corrected chi connectivity index (χ2v) is 7.73. The lowest BCUT2D eigenvalue weighted by atomic mass is 9.86. The van der Waals surface area contributed by atoms with Crippen molar-refractivity contribution in [2.45, 2.75) is 45.6 Å². The molecular weight excluding hydrogens is 356 g/mol. The van der Waals surface area contributed by atoms with Crippen LogP contribution in [-0.2, 0) is 15.0 Å². The van der Waals surface area contributed by atoms with Crippen molar-refractivity contribution in [2.75, 3.05) is 5.32 Å². The fourth-order valence-electron chi connectivity index (χ4n) is 2.78. The zero-order valence-electron chi connectivity index (χ0n) is 16.5. The van der Waals surface area contributed by atoms with Gasteiger partial charge in [0.1, 0.15) is 0 Å². The van der Waals surface area contributed by atoms with Crippen LogP contribution in [0.4, 0.5) is 5.69 Å². The summed E-state index contributed by atoms with van der Waals surface area (Å²) in [5.41, 5.74) is 2.72. The molecule has 0 fully saturated rings. The lowest BCUT2D eigenvalue weighted by molar-refractivity contribution is -0.306. The summed E-state index contributed by atoms with van der Waals surface area (Å²) in [6, 6.07) is 13.2. The van der Waals surface area contributed by atoms with E-state index in [2.05, 4.69) is 31.4 Å². The molecule has 2 aromatic carbocycles. The lowest BCUT2D eigenvalue weighted by Gasteiger charge is -2.23. The van der Waals surface area contributed by atoms with Crippen LogP contribution < -0.4 is 15.7 Å². The number of hydrogen-bond acceptors (Lipinski definition) is 4. The number of amides is 2. The molecule has 2 amide bonds. The Balaban J connectivity index is 2.18. The molecule has 0 bridgehead atoms. The summed E-state index contributed by atoms with van der Waals surface area (Å²) in [6.45, 7) is 7.67. The molecule has 0 saturated heterocycles.